The summed E-state index contributed by atoms with van der Waals surface area (Å²) in [4.78, 5) is 0. The molecule has 1 aromatic rings. The molecule has 0 unspecified atom stereocenters. The van der Waals surface area contributed by atoms with Crippen molar-refractivity contribution in [2.75, 3.05) is 0 Å². The van der Waals surface area contributed by atoms with Crippen LogP contribution in [0.3, 0.4) is 0 Å². The third-order valence-electron chi connectivity index (χ3n) is 1.68. The second-order valence-corrected chi connectivity index (χ2v) is 4.67. The van der Waals surface area contributed by atoms with Crippen LogP contribution in [0.15, 0.2) is 11.4 Å². The fourth-order valence-electron chi connectivity index (χ4n) is 0.943. The molecule has 0 aliphatic carbocycles. The van der Waals surface area contributed by atoms with Crippen molar-refractivity contribution in [2.45, 2.75) is 26.7 Å². The maximum absolute atomic E-state index is 5.94. The van der Waals surface area contributed by atoms with Crippen molar-refractivity contribution in [1.29, 1.82) is 0 Å². The molecule has 0 saturated carbocycles. The monoisotopic (exact) mass is 188 g/mol. The van der Waals surface area contributed by atoms with Gasteiger partial charge >= 0.3 is 0 Å². The fourth-order valence-corrected chi connectivity index (χ4v) is 1.93. The molecule has 0 fully saturated rings. The van der Waals surface area contributed by atoms with Crippen LogP contribution >= 0.6 is 22.9 Å². The van der Waals surface area contributed by atoms with Gasteiger partial charge in [0.1, 0.15) is 0 Å². The van der Waals surface area contributed by atoms with E-state index in [4.69, 9.17) is 11.6 Å². The Hall–Kier alpha value is -0.0100. The first kappa shape index (κ1) is 9.08. The summed E-state index contributed by atoms with van der Waals surface area (Å²) in [6, 6.07) is 2.12. The van der Waals surface area contributed by atoms with Gasteiger partial charge in [0, 0.05) is 0 Å². The minimum Gasteiger partial charge on any atom is -0.132 e. The number of hydrogen-bond donors (Lipinski definition) is 0. The first-order chi connectivity index (χ1) is 5.20. The number of rotatable bonds is 3. The van der Waals surface area contributed by atoms with Crippen molar-refractivity contribution in [1.82, 2.24) is 0 Å². The molecule has 0 atom stereocenters. The van der Waals surface area contributed by atoms with E-state index in [1.54, 1.807) is 11.3 Å². The van der Waals surface area contributed by atoms with Crippen molar-refractivity contribution in [2.24, 2.45) is 5.92 Å². The van der Waals surface area contributed by atoms with E-state index in [0.29, 0.717) is 0 Å². The summed E-state index contributed by atoms with van der Waals surface area (Å²) >= 11 is 7.56. The lowest BCUT2D eigenvalue weighted by molar-refractivity contribution is 0.587. The lowest BCUT2D eigenvalue weighted by Crippen LogP contribution is -1.90. The van der Waals surface area contributed by atoms with Gasteiger partial charge in [-0.15, -0.1) is 11.3 Å². The number of halogens is 1. The molecular formula is C9H13ClS. The van der Waals surface area contributed by atoms with Crippen LogP contribution in [0.2, 0.25) is 4.34 Å². The summed E-state index contributed by atoms with van der Waals surface area (Å²) in [5, 5.41) is 2.05. The van der Waals surface area contributed by atoms with Gasteiger partial charge in [-0.05, 0) is 35.8 Å². The van der Waals surface area contributed by atoms with Gasteiger partial charge in [-0.2, -0.15) is 0 Å². The van der Waals surface area contributed by atoms with Crippen LogP contribution < -0.4 is 0 Å². The summed E-state index contributed by atoms with van der Waals surface area (Å²) < 4.78 is 0.964. The zero-order valence-electron chi connectivity index (χ0n) is 6.93. The second-order valence-electron chi connectivity index (χ2n) is 3.15. The van der Waals surface area contributed by atoms with Gasteiger partial charge in [0.05, 0.1) is 4.34 Å². The van der Waals surface area contributed by atoms with E-state index in [2.05, 4.69) is 25.3 Å². The van der Waals surface area contributed by atoms with Gasteiger partial charge in [-0.1, -0.05) is 25.4 Å². The van der Waals surface area contributed by atoms with Crippen LogP contribution in [0.25, 0.3) is 0 Å². The van der Waals surface area contributed by atoms with Crippen LogP contribution in [-0.4, -0.2) is 0 Å². The first-order valence-electron chi connectivity index (χ1n) is 3.92. The Bertz CT molecular complexity index is 215. The predicted molar refractivity (Wildman–Crippen MR) is 52.5 cm³/mol. The standard InChI is InChI=1S/C9H13ClS/c1-7(2)3-4-8-5-6-11-9(8)10/h5-7H,3-4H2,1-2H3. The van der Waals surface area contributed by atoms with Crippen LogP contribution in [-0.2, 0) is 6.42 Å². The van der Waals surface area contributed by atoms with Gasteiger partial charge < -0.3 is 0 Å². The molecule has 0 aliphatic heterocycles. The molecule has 0 bridgehead atoms. The van der Waals surface area contributed by atoms with Crippen LogP contribution in [0, 0.1) is 5.92 Å². The quantitative estimate of drug-likeness (QED) is 0.673. The van der Waals surface area contributed by atoms with E-state index >= 15 is 0 Å². The minimum atomic E-state index is 0.769. The van der Waals surface area contributed by atoms with E-state index in [-0.39, 0.29) is 0 Å². The molecule has 2 heteroatoms. The molecule has 0 saturated heterocycles. The highest BCUT2D eigenvalue weighted by atomic mass is 35.5. The Kier molecular flexibility index (Phi) is 3.41. The van der Waals surface area contributed by atoms with Gasteiger partial charge in [-0.3, -0.25) is 0 Å². The van der Waals surface area contributed by atoms with E-state index in [1.165, 1.54) is 12.0 Å². The molecule has 11 heavy (non-hydrogen) atoms. The van der Waals surface area contributed by atoms with Crippen LogP contribution in [0.1, 0.15) is 25.8 Å². The smallest absolute Gasteiger partial charge is 0.0960 e. The van der Waals surface area contributed by atoms with Gasteiger partial charge in [0.25, 0.3) is 0 Å². The fraction of sp³-hybridized carbons (Fsp3) is 0.556. The van der Waals surface area contributed by atoms with E-state index in [1.807, 2.05) is 0 Å². The number of aryl methyl sites for hydroxylation is 1. The second kappa shape index (κ2) is 4.13. The highest BCUT2D eigenvalue weighted by Crippen LogP contribution is 2.24. The first-order valence-corrected chi connectivity index (χ1v) is 5.17. The molecule has 0 N–H and O–H groups in total. The molecule has 0 radical (unpaired) electrons. The Morgan fingerprint density at radius 2 is 2.27 bits per heavy atom. The maximum atomic E-state index is 5.94. The summed E-state index contributed by atoms with van der Waals surface area (Å²) in [5.74, 6) is 0.769. The molecule has 1 aromatic heterocycles. The highest BCUT2D eigenvalue weighted by Gasteiger charge is 2.01. The average Bonchev–Trinajstić information content (AvgIpc) is 2.31. The zero-order chi connectivity index (χ0) is 8.27. The Morgan fingerprint density at radius 3 is 2.73 bits per heavy atom. The number of thiophene rings is 1. The summed E-state index contributed by atoms with van der Waals surface area (Å²) in [7, 11) is 0. The lowest BCUT2D eigenvalue weighted by Gasteiger charge is -2.02. The summed E-state index contributed by atoms with van der Waals surface area (Å²) in [6.07, 6.45) is 2.36. The highest BCUT2D eigenvalue weighted by molar-refractivity contribution is 7.14. The third kappa shape index (κ3) is 2.84. The SMILES string of the molecule is CC(C)CCc1ccsc1Cl. The molecular weight excluding hydrogens is 176 g/mol. The van der Waals surface area contributed by atoms with Crippen LogP contribution in [0.5, 0.6) is 0 Å². The predicted octanol–water partition coefficient (Wildman–Crippen LogP) is 3.99. The Balaban J connectivity index is 2.44. The van der Waals surface area contributed by atoms with Gasteiger partial charge in [0.2, 0.25) is 0 Å². The van der Waals surface area contributed by atoms with Crippen LogP contribution in [0.4, 0.5) is 0 Å². The minimum absolute atomic E-state index is 0.769. The van der Waals surface area contributed by atoms with E-state index in [0.717, 1.165) is 16.7 Å². The number of hydrogen-bond acceptors (Lipinski definition) is 1. The van der Waals surface area contributed by atoms with Crippen molar-refractivity contribution in [3.05, 3.63) is 21.3 Å². The third-order valence-corrected chi connectivity index (χ3v) is 2.94. The molecule has 1 heterocycles. The maximum Gasteiger partial charge on any atom is 0.0960 e. The largest absolute Gasteiger partial charge is 0.132 e. The molecule has 0 aromatic carbocycles. The van der Waals surface area contributed by atoms with Crippen molar-refractivity contribution in [3.8, 4) is 0 Å². The van der Waals surface area contributed by atoms with Gasteiger partial charge in [0.15, 0.2) is 0 Å². The molecule has 0 spiro atoms. The molecule has 0 amide bonds. The summed E-state index contributed by atoms with van der Waals surface area (Å²) in [6.45, 7) is 4.47. The summed E-state index contributed by atoms with van der Waals surface area (Å²) in [5.41, 5.74) is 1.31. The Labute approximate surface area is 77.2 Å². The molecule has 1 rings (SSSR count). The van der Waals surface area contributed by atoms with Crippen molar-refractivity contribution < 1.29 is 0 Å². The molecule has 62 valence electrons. The normalized spacial score (nSPS) is 10.9. The van der Waals surface area contributed by atoms with E-state index < -0.39 is 0 Å². The zero-order valence-corrected chi connectivity index (χ0v) is 8.50. The lowest BCUT2D eigenvalue weighted by atomic mass is 10.1. The topological polar surface area (TPSA) is 0 Å². The van der Waals surface area contributed by atoms with E-state index in [9.17, 15) is 0 Å². The Morgan fingerprint density at radius 1 is 1.55 bits per heavy atom. The van der Waals surface area contributed by atoms with Crippen molar-refractivity contribution >= 4 is 22.9 Å². The molecule has 0 nitrogen and oxygen atoms in total. The molecule has 0 aliphatic rings. The van der Waals surface area contributed by atoms with Crippen molar-refractivity contribution in [3.63, 3.8) is 0 Å². The van der Waals surface area contributed by atoms with Gasteiger partial charge in [-0.25, -0.2) is 0 Å². The average molecular weight is 189 g/mol.